The van der Waals surface area contributed by atoms with Gasteiger partial charge in [-0.3, -0.25) is 20.4 Å². The van der Waals surface area contributed by atoms with Gasteiger partial charge in [0.2, 0.25) is 0 Å². The number of aryl methyl sites for hydroxylation is 2. The number of rotatable bonds is 7. The molecule has 0 spiro atoms. The number of nitrogens with one attached hydrogen (secondary N) is 2. The summed E-state index contributed by atoms with van der Waals surface area (Å²) in [7, 11) is 1.50. The van der Waals surface area contributed by atoms with Crippen LogP contribution in [0.2, 0.25) is 0 Å². The Morgan fingerprint density at radius 1 is 1.03 bits per heavy atom. The summed E-state index contributed by atoms with van der Waals surface area (Å²) >= 11 is 0. The van der Waals surface area contributed by atoms with Gasteiger partial charge in [0, 0.05) is 22.9 Å². The molecule has 0 saturated heterocycles. The second-order valence-corrected chi connectivity index (χ2v) is 8.19. The lowest BCUT2D eigenvalue weighted by Crippen LogP contribution is -2.43. The number of carbonyl (C=O) groups excluding carboxylic acids is 2. The van der Waals surface area contributed by atoms with Crippen LogP contribution in [-0.4, -0.2) is 31.6 Å². The average Bonchev–Trinajstić information content (AvgIpc) is 3.19. The molecule has 1 aliphatic carbocycles. The van der Waals surface area contributed by atoms with Gasteiger partial charge in [0.25, 0.3) is 11.8 Å². The Morgan fingerprint density at radius 3 is 2.64 bits per heavy atom. The van der Waals surface area contributed by atoms with Gasteiger partial charge in [0.15, 0.2) is 18.1 Å². The highest BCUT2D eigenvalue weighted by atomic mass is 16.5. The van der Waals surface area contributed by atoms with Crippen LogP contribution in [-0.2, 0) is 17.6 Å². The molecule has 0 fully saturated rings. The molecule has 8 heteroatoms. The summed E-state index contributed by atoms with van der Waals surface area (Å²) in [6.45, 7) is 3.56. The van der Waals surface area contributed by atoms with E-state index >= 15 is 0 Å². The number of hydrogen-bond donors (Lipinski definition) is 2. The van der Waals surface area contributed by atoms with Crippen molar-refractivity contribution in [2.24, 2.45) is 0 Å². The highest BCUT2D eigenvalue weighted by molar-refractivity contribution is 5.96. The minimum absolute atomic E-state index is 0.0301. The Kier molecular flexibility index (Phi) is 6.72. The van der Waals surface area contributed by atoms with Crippen LogP contribution >= 0.6 is 0 Å². The molecule has 1 heterocycles. The van der Waals surface area contributed by atoms with E-state index in [-0.39, 0.29) is 12.7 Å². The minimum Gasteiger partial charge on any atom is -0.493 e. The molecular formula is C25H28N2O6. The SMILES string of the molecule is COc1cc(C(=O)NNC(=O)COc2ccc3oc4c(c3c2)CCCC4)ccc1OC(C)C. The maximum Gasteiger partial charge on any atom is 0.276 e. The van der Waals surface area contributed by atoms with Crippen molar-refractivity contribution >= 4 is 22.8 Å². The van der Waals surface area contributed by atoms with Gasteiger partial charge >= 0.3 is 0 Å². The third kappa shape index (κ3) is 5.22. The third-order valence-electron chi connectivity index (χ3n) is 5.40. The van der Waals surface area contributed by atoms with E-state index in [1.165, 1.54) is 12.7 Å². The van der Waals surface area contributed by atoms with Gasteiger partial charge in [-0.15, -0.1) is 0 Å². The van der Waals surface area contributed by atoms with Gasteiger partial charge in [0.1, 0.15) is 17.1 Å². The van der Waals surface area contributed by atoms with Crippen LogP contribution in [0, 0.1) is 0 Å². The second kappa shape index (κ2) is 9.85. The molecule has 33 heavy (non-hydrogen) atoms. The summed E-state index contributed by atoms with van der Waals surface area (Å²) in [4.78, 5) is 24.6. The summed E-state index contributed by atoms with van der Waals surface area (Å²) in [6, 6.07) is 10.3. The van der Waals surface area contributed by atoms with Crippen molar-refractivity contribution in [1.82, 2.24) is 10.9 Å². The van der Waals surface area contributed by atoms with Gasteiger partial charge in [-0.2, -0.15) is 0 Å². The zero-order valence-corrected chi connectivity index (χ0v) is 19.0. The maximum absolute atomic E-state index is 12.4. The molecule has 1 aliphatic rings. The molecule has 8 nitrogen and oxygen atoms in total. The Morgan fingerprint density at radius 2 is 1.85 bits per heavy atom. The predicted molar refractivity (Wildman–Crippen MR) is 123 cm³/mol. The van der Waals surface area contributed by atoms with Crippen molar-refractivity contribution in [3.63, 3.8) is 0 Å². The molecule has 0 aliphatic heterocycles. The fraction of sp³-hybridized carbons (Fsp3) is 0.360. The standard InChI is InChI=1S/C25H28N2O6/c1-15(2)32-22-10-8-16(12-23(22)30-3)25(29)27-26-24(28)14-31-17-9-11-21-19(13-17)18-6-4-5-7-20(18)33-21/h8-13,15H,4-7,14H2,1-3H3,(H,26,28)(H,27,29). The van der Waals surface area contributed by atoms with Gasteiger partial charge < -0.3 is 18.6 Å². The van der Waals surface area contributed by atoms with E-state index in [9.17, 15) is 9.59 Å². The van der Waals surface area contributed by atoms with E-state index in [2.05, 4.69) is 10.9 Å². The van der Waals surface area contributed by atoms with Crippen molar-refractivity contribution < 1.29 is 28.2 Å². The highest BCUT2D eigenvalue weighted by Gasteiger charge is 2.18. The van der Waals surface area contributed by atoms with Gasteiger partial charge in [-0.25, -0.2) is 0 Å². The molecule has 2 N–H and O–H groups in total. The molecule has 0 atom stereocenters. The number of ether oxygens (including phenoxy) is 3. The van der Waals surface area contributed by atoms with E-state index in [1.807, 2.05) is 26.0 Å². The fourth-order valence-electron chi connectivity index (χ4n) is 3.88. The number of hydrogen-bond acceptors (Lipinski definition) is 6. The van der Waals surface area contributed by atoms with E-state index in [0.29, 0.717) is 22.8 Å². The molecule has 2 amide bonds. The van der Waals surface area contributed by atoms with Crippen LogP contribution in [0.3, 0.4) is 0 Å². The minimum atomic E-state index is -0.482. The van der Waals surface area contributed by atoms with Crippen LogP contribution in [0.1, 0.15) is 48.4 Å². The average molecular weight is 453 g/mol. The summed E-state index contributed by atoms with van der Waals surface area (Å²) < 4.78 is 22.5. The molecule has 0 unspecified atom stereocenters. The summed E-state index contributed by atoms with van der Waals surface area (Å²) in [5.41, 5.74) is 7.14. The molecule has 2 aromatic carbocycles. The normalized spacial score (nSPS) is 12.8. The lowest BCUT2D eigenvalue weighted by molar-refractivity contribution is -0.123. The fourth-order valence-corrected chi connectivity index (χ4v) is 3.88. The number of carbonyl (C=O) groups is 2. The first kappa shape index (κ1) is 22.5. The summed E-state index contributed by atoms with van der Waals surface area (Å²) in [5.74, 6) is 1.63. The number of methoxy groups -OCH3 is 1. The zero-order chi connectivity index (χ0) is 23.4. The molecule has 1 aromatic heterocycles. The van der Waals surface area contributed by atoms with E-state index in [1.54, 1.807) is 24.3 Å². The molecule has 0 radical (unpaired) electrons. The van der Waals surface area contributed by atoms with Crippen LogP contribution in [0.15, 0.2) is 40.8 Å². The van der Waals surface area contributed by atoms with Crippen LogP contribution in [0.5, 0.6) is 17.2 Å². The van der Waals surface area contributed by atoms with Crippen molar-refractivity contribution in [1.29, 1.82) is 0 Å². The van der Waals surface area contributed by atoms with Gasteiger partial charge in [-0.05, 0) is 69.5 Å². The molecule has 3 aromatic rings. The Hall–Kier alpha value is -3.68. The largest absolute Gasteiger partial charge is 0.493 e. The summed E-state index contributed by atoms with van der Waals surface area (Å²) in [6.07, 6.45) is 4.21. The Balaban J connectivity index is 1.32. The highest BCUT2D eigenvalue weighted by Crippen LogP contribution is 2.34. The summed E-state index contributed by atoms with van der Waals surface area (Å²) in [5, 5.41) is 1.04. The van der Waals surface area contributed by atoms with Crippen molar-refractivity contribution in [2.45, 2.75) is 45.6 Å². The molecular weight excluding hydrogens is 424 g/mol. The number of benzene rings is 2. The first-order valence-corrected chi connectivity index (χ1v) is 11.1. The smallest absolute Gasteiger partial charge is 0.276 e. The monoisotopic (exact) mass is 452 g/mol. The van der Waals surface area contributed by atoms with Gasteiger partial charge in [-0.1, -0.05) is 0 Å². The Labute approximate surface area is 192 Å². The van der Waals surface area contributed by atoms with Gasteiger partial charge in [0.05, 0.1) is 13.2 Å². The van der Waals surface area contributed by atoms with E-state index in [4.69, 9.17) is 18.6 Å². The van der Waals surface area contributed by atoms with E-state index in [0.717, 1.165) is 42.4 Å². The molecule has 0 bridgehead atoms. The quantitative estimate of drug-likeness (QED) is 0.527. The first-order valence-electron chi connectivity index (χ1n) is 11.1. The molecule has 4 rings (SSSR count). The molecule has 0 saturated carbocycles. The van der Waals surface area contributed by atoms with Crippen LogP contribution in [0.4, 0.5) is 0 Å². The van der Waals surface area contributed by atoms with Crippen molar-refractivity contribution in [2.75, 3.05) is 13.7 Å². The lowest BCUT2D eigenvalue weighted by atomic mass is 9.96. The topological polar surface area (TPSA) is 99.0 Å². The number of fused-ring (bicyclic) bond motifs is 3. The third-order valence-corrected chi connectivity index (χ3v) is 5.40. The molecule has 174 valence electrons. The lowest BCUT2D eigenvalue weighted by Gasteiger charge is -2.14. The predicted octanol–water partition coefficient (Wildman–Crippen LogP) is 3.95. The van der Waals surface area contributed by atoms with Crippen molar-refractivity contribution in [3.8, 4) is 17.2 Å². The zero-order valence-electron chi connectivity index (χ0n) is 19.0. The van der Waals surface area contributed by atoms with Crippen molar-refractivity contribution in [3.05, 3.63) is 53.3 Å². The maximum atomic E-state index is 12.4. The number of furan rings is 1. The first-order chi connectivity index (χ1) is 15.9. The van der Waals surface area contributed by atoms with Crippen LogP contribution < -0.4 is 25.1 Å². The van der Waals surface area contributed by atoms with Crippen LogP contribution in [0.25, 0.3) is 11.0 Å². The number of amides is 2. The number of hydrazine groups is 1. The van der Waals surface area contributed by atoms with E-state index < -0.39 is 11.8 Å². The second-order valence-electron chi connectivity index (χ2n) is 8.19. The Bertz CT molecular complexity index is 1170.